The molecule has 1 aromatic carbocycles. The van der Waals surface area contributed by atoms with Crippen molar-refractivity contribution in [2.75, 3.05) is 30.5 Å². The Morgan fingerprint density at radius 2 is 2.00 bits per heavy atom. The Morgan fingerprint density at radius 1 is 1.32 bits per heavy atom. The van der Waals surface area contributed by atoms with E-state index in [2.05, 4.69) is 43.5 Å². The van der Waals surface area contributed by atoms with E-state index in [1.165, 1.54) is 5.56 Å². The summed E-state index contributed by atoms with van der Waals surface area (Å²) in [5.41, 5.74) is 1.96. The lowest BCUT2D eigenvalue weighted by atomic mass is 9.87. The third-order valence-electron chi connectivity index (χ3n) is 4.08. The van der Waals surface area contributed by atoms with Gasteiger partial charge in [0.2, 0.25) is 0 Å². The van der Waals surface area contributed by atoms with Gasteiger partial charge < -0.3 is 15.4 Å². The molecule has 1 saturated heterocycles. The predicted octanol–water partition coefficient (Wildman–Crippen LogP) is 3.63. The third-order valence-corrected chi connectivity index (χ3v) is 5.30. The Balaban J connectivity index is 1.87. The first-order valence-electron chi connectivity index (χ1n) is 7.63. The first-order chi connectivity index (χ1) is 10.3. The number of rotatable bonds is 4. The molecule has 0 aromatic heterocycles. The number of hydrogen-bond acceptors (Lipinski definition) is 3. The summed E-state index contributed by atoms with van der Waals surface area (Å²) < 4.78 is 5.59. The van der Waals surface area contributed by atoms with Crippen LogP contribution in [0.15, 0.2) is 24.3 Å². The second-order valence-electron chi connectivity index (χ2n) is 6.82. The predicted molar refractivity (Wildman–Crippen MR) is 93.8 cm³/mol. The van der Waals surface area contributed by atoms with Gasteiger partial charge >= 0.3 is 6.03 Å². The molecule has 0 unspecified atom stereocenters. The van der Waals surface area contributed by atoms with Crippen LogP contribution in [0.1, 0.15) is 32.8 Å². The van der Waals surface area contributed by atoms with Crippen LogP contribution in [-0.2, 0) is 10.2 Å². The van der Waals surface area contributed by atoms with Gasteiger partial charge in [-0.3, -0.25) is 0 Å². The fraction of sp³-hybridized carbons (Fsp3) is 0.588. The zero-order valence-corrected chi connectivity index (χ0v) is 14.7. The Hall–Kier alpha value is -1.20. The highest BCUT2D eigenvalue weighted by molar-refractivity contribution is 7.99. The number of urea groups is 1. The molecule has 1 heterocycles. The molecule has 0 radical (unpaired) electrons. The lowest BCUT2D eigenvalue weighted by Crippen LogP contribution is -2.45. The maximum absolute atomic E-state index is 12.0. The summed E-state index contributed by atoms with van der Waals surface area (Å²) in [7, 11) is 1.72. The summed E-state index contributed by atoms with van der Waals surface area (Å²) in [6.07, 6.45) is 0.981. The van der Waals surface area contributed by atoms with E-state index in [0.29, 0.717) is 6.54 Å². The molecule has 0 saturated carbocycles. The van der Waals surface area contributed by atoms with Crippen molar-refractivity contribution in [2.24, 2.45) is 0 Å². The molecule has 1 fully saturated rings. The average molecular weight is 322 g/mol. The molecule has 5 heteroatoms. The minimum Gasteiger partial charge on any atom is -0.376 e. The molecule has 2 rings (SSSR count). The van der Waals surface area contributed by atoms with Gasteiger partial charge in [-0.15, -0.1) is 0 Å². The number of methoxy groups -OCH3 is 1. The third kappa shape index (κ3) is 4.40. The molecule has 0 spiro atoms. The van der Waals surface area contributed by atoms with Crippen LogP contribution >= 0.6 is 11.8 Å². The van der Waals surface area contributed by atoms with Crippen molar-refractivity contribution < 1.29 is 9.53 Å². The number of anilines is 1. The highest BCUT2D eigenvalue weighted by Crippen LogP contribution is 2.30. The second kappa shape index (κ2) is 6.92. The van der Waals surface area contributed by atoms with Gasteiger partial charge in [-0.25, -0.2) is 4.79 Å². The summed E-state index contributed by atoms with van der Waals surface area (Å²) in [6.45, 7) is 7.06. The van der Waals surface area contributed by atoms with Crippen molar-refractivity contribution in [1.82, 2.24) is 5.32 Å². The largest absolute Gasteiger partial charge is 0.376 e. The Morgan fingerprint density at radius 3 is 2.50 bits per heavy atom. The number of ether oxygens (including phenoxy) is 1. The Labute approximate surface area is 137 Å². The SMILES string of the molecule is CO[C@@]1(CNC(=O)Nc2ccc(C(C)(C)C)cc2)CCSC1. The van der Waals surface area contributed by atoms with Crippen LogP contribution in [0.5, 0.6) is 0 Å². The average Bonchev–Trinajstić information content (AvgIpc) is 2.94. The van der Waals surface area contributed by atoms with Crippen molar-refractivity contribution in [1.29, 1.82) is 0 Å². The molecule has 0 bridgehead atoms. The van der Waals surface area contributed by atoms with Crippen LogP contribution < -0.4 is 10.6 Å². The quantitative estimate of drug-likeness (QED) is 0.890. The topological polar surface area (TPSA) is 50.4 Å². The summed E-state index contributed by atoms with van der Waals surface area (Å²) in [4.78, 5) is 12.0. The van der Waals surface area contributed by atoms with Gasteiger partial charge in [0.25, 0.3) is 0 Å². The van der Waals surface area contributed by atoms with Gasteiger partial charge in [0.1, 0.15) is 0 Å². The van der Waals surface area contributed by atoms with Gasteiger partial charge in [-0.1, -0.05) is 32.9 Å². The van der Waals surface area contributed by atoms with Crippen LogP contribution in [0, 0.1) is 0 Å². The van der Waals surface area contributed by atoms with E-state index in [1.54, 1.807) is 7.11 Å². The first-order valence-corrected chi connectivity index (χ1v) is 8.78. The molecule has 22 heavy (non-hydrogen) atoms. The molecule has 0 aliphatic carbocycles. The van der Waals surface area contributed by atoms with Gasteiger partial charge in [-0.05, 0) is 35.3 Å². The number of amides is 2. The molecule has 1 atom stereocenters. The fourth-order valence-electron chi connectivity index (χ4n) is 2.43. The van der Waals surface area contributed by atoms with Crippen LogP contribution in [0.4, 0.5) is 10.5 Å². The molecule has 4 nitrogen and oxygen atoms in total. The van der Waals surface area contributed by atoms with Gasteiger partial charge in [-0.2, -0.15) is 11.8 Å². The van der Waals surface area contributed by atoms with E-state index in [1.807, 2.05) is 23.9 Å². The van der Waals surface area contributed by atoms with Gasteiger partial charge in [0.15, 0.2) is 0 Å². The summed E-state index contributed by atoms with van der Waals surface area (Å²) in [5.74, 6) is 2.02. The molecule has 1 aliphatic heterocycles. The van der Waals surface area contributed by atoms with E-state index >= 15 is 0 Å². The standard InChI is InChI=1S/C17H26N2O2S/c1-16(2,3)13-5-7-14(8-6-13)19-15(20)18-11-17(21-4)9-10-22-12-17/h5-8H,9-12H2,1-4H3,(H2,18,19,20)/t17-/m1/s1. The van der Waals surface area contributed by atoms with Crippen LogP contribution in [0.25, 0.3) is 0 Å². The second-order valence-corrected chi connectivity index (χ2v) is 7.93. The molecule has 2 amide bonds. The minimum absolute atomic E-state index is 0.117. The molecule has 1 aromatic rings. The van der Waals surface area contributed by atoms with Crippen molar-refractivity contribution >= 4 is 23.5 Å². The highest BCUT2D eigenvalue weighted by atomic mass is 32.2. The zero-order valence-electron chi connectivity index (χ0n) is 13.9. The molecular formula is C17H26N2O2S. The number of benzene rings is 1. The number of nitrogens with one attached hydrogen (secondary N) is 2. The van der Waals surface area contributed by atoms with E-state index in [9.17, 15) is 4.79 Å². The fourth-order valence-corrected chi connectivity index (χ4v) is 3.83. The lowest BCUT2D eigenvalue weighted by molar-refractivity contribution is 0.0161. The molecule has 1 aliphatic rings. The minimum atomic E-state index is -0.210. The zero-order chi connectivity index (χ0) is 16.2. The monoisotopic (exact) mass is 322 g/mol. The summed E-state index contributed by atoms with van der Waals surface area (Å²) >= 11 is 1.87. The maximum Gasteiger partial charge on any atom is 0.319 e. The number of hydrogen-bond donors (Lipinski definition) is 2. The number of carbonyl (C=O) groups is 1. The van der Waals surface area contributed by atoms with Crippen molar-refractivity contribution in [3.05, 3.63) is 29.8 Å². The van der Waals surface area contributed by atoms with Gasteiger partial charge in [0, 0.05) is 25.1 Å². The smallest absolute Gasteiger partial charge is 0.319 e. The van der Waals surface area contributed by atoms with Crippen LogP contribution in [-0.4, -0.2) is 36.8 Å². The van der Waals surface area contributed by atoms with Crippen molar-refractivity contribution in [3.8, 4) is 0 Å². The van der Waals surface area contributed by atoms with Crippen LogP contribution in [0.3, 0.4) is 0 Å². The van der Waals surface area contributed by atoms with Crippen molar-refractivity contribution in [2.45, 2.75) is 38.2 Å². The number of thioether (sulfide) groups is 1. The van der Waals surface area contributed by atoms with E-state index in [-0.39, 0.29) is 17.0 Å². The van der Waals surface area contributed by atoms with Gasteiger partial charge in [0.05, 0.1) is 5.60 Å². The lowest BCUT2D eigenvalue weighted by Gasteiger charge is -2.26. The van der Waals surface area contributed by atoms with Crippen LogP contribution in [0.2, 0.25) is 0 Å². The first kappa shape index (κ1) is 17.2. The maximum atomic E-state index is 12.0. The van der Waals surface area contributed by atoms with E-state index < -0.39 is 0 Å². The number of carbonyl (C=O) groups excluding carboxylic acids is 1. The summed E-state index contributed by atoms with van der Waals surface area (Å²) in [6, 6.07) is 7.81. The molecule has 2 N–H and O–H groups in total. The van der Waals surface area contributed by atoms with Crippen molar-refractivity contribution in [3.63, 3.8) is 0 Å². The molecular weight excluding hydrogens is 296 g/mol. The highest BCUT2D eigenvalue weighted by Gasteiger charge is 2.34. The van der Waals surface area contributed by atoms with E-state index in [0.717, 1.165) is 23.6 Å². The Kier molecular flexibility index (Phi) is 5.40. The van der Waals surface area contributed by atoms with E-state index in [4.69, 9.17) is 4.74 Å². The summed E-state index contributed by atoms with van der Waals surface area (Å²) in [5, 5.41) is 5.79. The normalized spacial score (nSPS) is 21.6. The Bertz CT molecular complexity index is 502. The molecule has 122 valence electrons.